The average molecular weight is 486 g/mol. The minimum Gasteiger partial charge on any atom is -0.339 e. The first-order chi connectivity index (χ1) is 12.0. The summed E-state index contributed by atoms with van der Waals surface area (Å²) in [6, 6.07) is 12.7. The predicted molar refractivity (Wildman–Crippen MR) is 104 cm³/mol. The Labute approximate surface area is 166 Å². The van der Waals surface area contributed by atoms with Gasteiger partial charge < -0.3 is 9.84 Å². The van der Waals surface area contributed by atoms with E-state index in [1.165, 1.54) is 0 Å². The molecule has 0 radical (unpaired) electrons. The van der Waals surface area contributed by atoms with Gasteiger partial charge in [-0.3, -0.25) is 4.79 Å². The maximum atomic E-state index is 12.1. The number of hydrogen-bond acceptors (Lipinski definition) is 4. The first-order valence-corrected chi connectivity index (χ1v) is 9.31. The van der Waals surface area contributed by atoms with Gasteiger partial charge >= 0.3 is 0 Å². The second-order valence-electron chi connectivity index (χ2n) is 5.19. The van der Waals surface area contributed by atoms with E-state index in [-0.39, 0.29) is 12.3 Å². The first kappa shape index (κ1) is 18.1. The van der Waals surface area contributed by atoms with Gasteiger partial charge in [-0.25, -0.2) is 0 Å². The van der Waals surface area contributed by atoms with Crippen LogP contribution in [0.25, 0.3) is 11.4 Å². The van der Waals surface area contributed by atoms with E-state index in [1.807, 2.05) is 30.3 Å². The highest BCUT2D eigenvalue weighted by molar-refractivity contribution is 9.11. The van der Waals surface area contributed by atoms with Gasteiger partial charge in [0, 0.05) is 32.4 Å². The molecule has 3 rings (SSSR count). The number of carbonyl (C=O) groups is 1. The summed E-state index contributed by atoms with van der Waals surface area (Å²) >= 11 is 12.6. The SMILES string of the molecule is O=C(CCc1nc(-c2ccc(Cl)cc2)no1)Nc1cc(Br)ccc1Br. The first-order valence-electron chi connectivity index (χ1n) is 7.35. The Bertz CT molecular complexity index is 897. The third kappa shape index (κ3) is 4.90. The van der Waals surface area contributed by atoms with E-state index in [9.17, 15) is 4.79 Å². The lowest BCUT2D eigenvalue weighted by atomic mass is 10.2. The van der Waals surface area contributed by atoms with Crippen LogP contribution >= 0.6 is 43.5 Å². The van der Waals surface area contributed by atoms with Gasteiger partial charge in [0.15, 0.2) is 0 Å². The number of nitrogens with one attached hydrogen (secondary N) is 1. The van der Waals surface area contributed by atoms with Crippen molar-refractivity contribution in [2.45, 2.75) is 12.8 Å². The zero-order chi connectivity index (χ0) is 17.8. The van der Waals surface area contributed by atoms with Crippen molar-refractivity contribution in [2.75, 3.05) is 5.32 Å². The molecule has 3 aromatic rings. The summed E-state index contributed by atoms with van der Waals surface area (Å²) in [6.45, 7) is 0. The van der Waals surface area contributed by atoms with Crippen LogP contribution in [0.15, 0.2) is 55.9 Å². The molecule has 0 aliphatic heterocycles. The molecule has 2 aromatic carbocycles. The Morgan fingerprint density at radius 3 is 2.68 bits per heavy atom. The molecule has 1 aromatic heterocycles. The molecule has 128 valence electrons. The van der Waals surface area contributed by atoms with E-state index in [0.29, 0.717) is 28.8 Å². The number of anilines is 1. The summed E-state index contributed by atoms with van der Waals surface area (Å²) in [5.74, 6) is 0.750. The molecule has 0 aliphatic carbocycles. The third-order valence-electron chi connectivity index (χ3n) is 3.34. The van der Waals surface area contributed by atoms with Gasteiger partial charge in [-0.15, -0.1) is 0 Å². The highest BCUT2D eigenvalue weighted by Gasteiger charge is 2.12. The molecule has 25 heavy (non-hydrogen) atoms. The van der Waals surface area contributed by atoms with Crippen LogP contribution in [-0.2, 0) is 11.2 Å². The molecular formula is C17H12Br2ClN3O2. The van der Waals surface area contributed by atoms with E-state index in [2.05, 4.69) is 47.3 Å². The molecule has 1 amide bonds. The van der Waals surface area contributed by atoms with Crippen LogP contribution in [0.5, 0.6) is 0 Å². The van der Waals surface area contributed by atoms with Gasteiger partial charge in [0.2, 0.25) is 17.6 Å². The largest absolute Gasteiger partial charge is 0.339 e. The predicted octanol–water partition coefficient (Wildman–Crippen LogP) is 5.49. The topological polar surface area (TPSA) is 68.0 Å². The van der Waals surface area contributed by atoms with Crippen LogP contribution in [-0.4, -0.2) is 16.0 Å². The van der Waals surface area contributed by atoms with E-state index in [0.717, 1.165) is 14.5 Å². The van der Waals surface area contributed by atoms with Crippen LogP contribution in [0.3, 0.4) is 0 Å². The summed E-state index contributed by atoms with van der Waals surface area (Å²) in [4.78, 5) is 16.4. The molecule has 5 nitrogen and oxygen atoms in total. The number of rotatable bonds is 5. The molecule has 0 unspecified atom stereocenters. The molecule has 0 fully saturated rings. The Morgan fingerprint density at radius 2 is 1.92 bits per heavy atom. The van der Waals surface area contributed by atoms with Crippen molar-refractivity contribution in [3.8, 4) is 11.4 Å². The van der Waals surface area contributed by atoms with Crippen molar-refractivity contribution in [3.05, 3.63) is 62.3 Å². The quantitative estimate of drug-likeness (QED) is 0.519. The number of nitrogens with zero attached hydrogens (tertiary/aromatic N) is 2. The summed E-state index contributed by atoms with van der Waals surface area (Å²) in [6.07, 6.45) is 0.596. The van der Waals surface area contributed by atoms with Crippen molar-refractivity contribution in [1.29, 1.82) is 0 Å². The fourth-order valence-electron chi connectivity index (χ4n) is 2.10. The number of hydrogen-bond donors (Lipinski definition) is 1. The smallest absolute Gasteiger partial charge is 0.227 e. The molecule has 1 N–H and O–H groups in total. The molecule has 0 spiro atoms. The second kappa shape index (κ2) is 8.12. The maximum absolute atomic E-state index is 12.1. The molecule has 0 atom stereocenters. The van der Waals surface area contributed by atoms with E-state index in [1.54, 1.807) is 12.1 Å². The van der Waals surface area contributed by atoms with Crippen LogP contribution in [0, 0.1) is 0 Å². The molecule has 0 saturated heterocycles. The van der Waals surface area contributed by atoms with Crippen molar-refractivity contribution in [2.24, 2.45) is 0 Å². The maximum Gasteiger partial charge on any atom is 0.227 e. The van der Waals surface area contributed by atoms with Crippen molar-refractivity contribution in [1.82, 2.24) is 10.1 Å². The molecule has 0 saturated carbocycles. The summed E-state index contributed by atoms with van der Waals surface area (Å²) in [5, 5.41) is 7.42. The number of amides is 1. The Morgan fingerprint density at radius 1 is 1.16 bits per heavy atom. The lowest BCUT2D eigenvalue weighted by Gasteiger charge is -2.07. The summed E-state index contributed by atoms with van der Waals surface area (Å²) in [7, 11) is 0. The van der Waals surface area contributed by atoms with Gasteiger partial charge in [0.1, 0.15) is 0 Å². The third-order valence-corrected chi connectivity index (χ3v) is 4.78. The van der Waals surface area contributed by atoms with Crippen molar-refractivity contribution >= 4 is 55.1 Å². The molecule has 0 aliphatic rings. The van der Waals surface area contributed by atoms with Crippen molar-refractivity contribution < 1.29 is 9.32 Å². The molecular weight excluding hydrogens is 473 g/mol. The number of aryl methyl sites for hydroxylation is 1. The second-order valence-corrected chi connectivity index (χ2v) is 7.40. The summed E-state index contributed by atoms with van der Waals surface area (Å²) < 4.78 is 6.90. The van der Waals surface area contributed by atoms with Gasteiger partial charge in [-0.2, -0.15) is 4.98 Å². The van der Waals surface area contributed by atoms with Gasteiger partial charge in [0.05, 0.1) is 5.69 Å². The minimum atomic E-state index is -0.134. The Kier molecular flexibility index (Phi) is 5.88. The van der Waals surface area contributed by atoms with Crippen LogP contribution in [0.1, 0.15) is 12.3 Å². The van der Waals surface area contributed by atoms with E-state index < -0.39 is 0 Å². The Hall–Kier alpha value is -1.70. The fourth-order valence-corrected chi connectivity index (χ4v) is 2.93. The van der Waals surface area contributed by atoms with Crippen LogP contribution in [0.2, 0.25) is 5.02 Å². The standard InChI is InChI=1S/C17H12Br2ClN3O2/c18-11-3-6-13(19)14(9-11)21-15(24)7-8-16-22-17(23-25-16)10-1-4-12(20)5-2-10/h1-6,9H,7-8H2,(H,21,24). The van der Waals surface area contributed by atoms with Gasteiger partial charge in [0.25, 0.3) is 0 Å². The highest BCUT2D eigenvalue weighted by atomic mass is 79.9. The lowest BCUT2D eigenvalue weighted by Crippen LogP contribution is -2.12. The number of halogens is 3. The van der Waals surface area contributed by atoms with E-state index in [4.69, 9.17) is 16.1 Å². The zero-order valence-electron chi connectivity index (χ0n) is 12.8. The Balaban J connectivity index is 1.59. The van der Waals surface area contributed by atoms with Crippen LogP contribution in [0.4, 0.5) is 5.69 Å². The normalized spacial score (nSPS) is 10.7. The molecule has 8 heteroatoms. The number of benzene rings is 2. The minimum absolute atomic E-state index is 0.134. The average Bonchev–Trinajstić information content (AvgIpc) is 3.06. The van der Waals surface area contributed by atoms with Crippen LogP contribution < -0.4 is 5.32 Å². The van der Waals surface area contributed by atoms with Crippen molar-refractivity contribution in [3.63, 3.8) is 0 Å². The highest BCUT2D eigenvalue weighted by Crippen LogP contribution is 2.26. The molecule has 1 heterocycles. The van der Waals surface area contributed by atoms with Gasteiger partial charge in [-0.05, 0) is 58.4 Å². The van der Waals surface area contributed by atoms with Gasteiger partial charge in [-0.1, -0.05) is 32.7 Å². The number of carbonyl (C=O) groups excluding carboxylic acids is 1. The fraction of sp³-hybridized carbons (Fsp3) is 0.118. The monoisotopic (exact) mass is 483 g/mol. The lowest BCUT2D eigenvalue weighted by molar-refractivity contribution is -0.116. The number of aromatic nitrogens is 2. The van der Waals surface area contributed by atoms with E-state index >= 15 is 0 Å². The summed E-state index contributed by atoms with van der Waals surface area (Å²) in [5.41, 5.74) is 1.51. The molecule has 0 bridgehead atoms. The zero-order valence-corrected chi connectivity index (χ0v) is 16.7.